The molecule has 0 radical (unpaired) electrons. The summed E-state index contributed by atoms with van der Waals surface area (Å²) in [5.74, 6) is -0.467. The normalized spacial score (nSPS) is 15.9. The van der Waals surface area contributed by atoms with Crippen LogP contribution in [-0.4, -0.2) is 30.3 Å². The van der Waals surface area contributed by atoms with Gasteiger partial charge in [0.2, 0.25) is 5.91 Å². The van der Waals surface area contributed by atoms with Crippen LogP contribution in [0.5, 0.6) is 0 Å². The summed E-state index contributed by atoms with van der Waals surface area (Å²) in [6.07, 6.45) is 0. The van der Waals surface area contributed by atoms with Crippen molar-refractivity contribution in [3.05, 3.63) is 28.7 Å². The number of rotatable bonds is 2. The Kier molecular flexibility index (Phi) is 3.07. The molecule has 1 fully saturated rings. The largest absolute Gasteiger partial charge is 0.442 e. The Morgan fingerprint density at radius 3 is 2.65 bits per heavy atom. The third-order valence-corrected chi connectivity index (χ3v) is 5.93. The van der Waals surface area contributed by atoms with E-state index in [0.29, 0.717) is 15.4 Å². The molecule has 104 valence electrons. The van der Waals surface area contributed by atoms with E-state index in [2.05, 4.69) is 21.2 Å². The summed E-state index contributed by atoms with van der Waals surface area (Å²) < 4.78 is 31.5. The zero-order valence-electron chi connectivity index (χ0n) is 9.79. The van der Waals surface area contributed by atoms with E-state index in [9.17, 15) is 13.2 Å². The number of halogens is 1. The van der Waals surface area contributed by atoms with Crippen LogP contribution >= 0.6 is 28.1 Å². The standard InChI is InChI=1S/C11H7BrN2O4S2/c12-9-6-3-1-2-4-7(6)18-10(9)20(16,17)14-5-8(15)13-11(14)19/h1-4H,5H2,(H,13,15,19). The average Bonchev–Trinajstić information content (AvgIpc) is 2.91. The van der Waals surface area contributed by atoms with Gasteiger partial charge in [-0.25, -0.2) is 4.31 Å². The molecular formula is C11H7BrN2O4S2. The van der Waals surface area contributed by atoms with E-state index in [1.807, 2.05) is 0 Å². The summed E-state index contributed by atoms with van der Waals surface area (Å²) in [6.45, 7) is -0.343. The molecule has 2 heterocycles. The summed E-state index contributed by atoms with van der Waals surface area (Å²) in [6, 6.07) is 6.89. The van der Waals surface area contributed by atoms with Crippen molar-refractivity contribution in [2.24, 2.45) is 0 Å². The first-order valence-electron chi connectivity index (χ1n) is 5.45. The van der Waals surface area contributed by atoms with Gasteiger partial charge in [-0.15, -0.1) is 0 Å². The quantitative estimate of drug-likeness (QED) is 0.807. The SMILES string of the molecule is O=C1CN(S(=O)(=O)c2oc3ccccc3c2Br)C(=S)N1. The third kappa shape index (κ3) is 1.93. The van der Waals surface area contributed by atoms with Crippen LogP contribution in [0.1, 0.15) is 0 Å². The lowest BCUT2D eigenvalue weighted by atomic mass is 10.3. The Labute approximate surface area is 127 Å². The minimum absolute atomic E-state index is 0.151. The Balaban J connectivity index is 2.17. The fraction of sp³-hybridized carbons (Fsp3) is 0.0909. The summed E-state index contributed by atoms with van der Waals surface area (Å²) >= 11 is 8.07. The second-order valence-corrected chi connectivity index (χ2v) is 7.01. The highest BCUT2D eigenvalue weighted by Gasteiger charge is 2.38. The van der Waals surface area contributed by atoms with Crippen LogP contribution in [0.25, 0.3) is 11.0 Å². The molecule has 0 spiro atoms. The van der Waals surface area contributed by atoms with Gasteiger partial charge in [-0.1, -0.05) is 12.1 Å². The van der Waals surface area contributed by atoms with E-state index in [1.165, 1.54) is 0 Å². The number of amides is 1. The Morgan fingerprint density at radius 2 is 2.05 bits per heavy atom. The molecule has 2 aromatic rings. The van der Waals surface area contributed by atoms with Crippen LogP contribution in [0.4, 0.5) is 0 Å². The number of sulfonamides is 1. The van der Waals surface area contributed by atoms with Crippen LogP contribution in [0.3, 0.4) is 0 Å². The van der Waals surface area contributed by atoms with Gasteiger partial charge in [0.25, 0.3) is 5.09 Å². The molecule has 3 rings (SSSR count). The summed E-state index contributed by atoms with van der Waals surface area (Å²) in [5, 5.41) is 2.50. The van der Waals surface area contributed by atoms with Crippen molar-refractivity contribution < 1.29 is 17.6 Å². The monoisotopic (exact) mass is 374 g/mol. The number of nitrogens with one attached hydrogen (secondary N) is 1. The summed E-state index contributed by atoms with van der Waals surface area (Å²) in [7, 11) is -4.02. The van der Waals surface area contributed by atoms with E-state index in [0.717, 1.165) is 4.31 Å². The molecule has 6 nitrogen and oxygen atoms in total. The van der Waals surface area contributed by atoms with Crippen molar-refractivity contribution >= 4 is 60.2 Å². The number of hydrogen-bond donors (Lipinski definition) is 1. The maximum atomic E-state index is 12.5. The van der Waals surface area contributed by atoms with E-state index < -0.39 is 15.9 Å². The molecule has 0 atom stereocenters. The zero-order valence-corrected chi connectivity index (χ0v) is 13.0. The highest BCUT2D eigenvalue weighted by Crippen LogP contribution is 2.35. The maximum absolute atomic E-state index is 12.5. The van der Waals surface area contributed by atoms with Gasteiger partial charge in [-0.2, -0.15) is 8.42 Å². The van der Waals surface area contributed by atoms with Crippen LogP contribution in [-0.2, 0) is 14.8 Å². The molecule has 20 heavy (non-hydrogen) atoms. The number of thiocarbonyl (C=S) groups is 1. The van der Waals surface area contributed by atoms with E-state index in [1.54, 1.807) is 24.3 Å². The van der Waals surface area contributed by atoms with Gasteiger partial charge in [0.1, 0.15) is 12.1 Å². The molecule has 1 aliphatic rings. The number of furan rings is 1. The minimum atomic E-state index is -4.02. The molecule has 0 bridgehead atoms. The van der Waals surface area contributed by atoms with Gasteiger partial charge < -0.3 is 9.73 Å². The average molecular weight is 375 g/mol. The fourth-order valence-electron chi connectivity index (χ4n) is 1.88. The third-order valence-electron chi connectivity index (χ3n) is 2.79. The summed E-state index contributed by atoms with van der Waals surface area (Å²) in [4.78, 5) is 11.3. The second kappa shape index (κ2) is 4.54. The number of nitrogens with zero attached hydrogens (tertiary/aromatic N) is 1. The van der Waals surface area contributed by atoms with E-state index >= 15 is 0 Å². The molecule has 0 unspecified atom stereocenters. The molecule has 1 aromatic heterocycles. The number of para-hydroxylation sites is 1. The number of fused-ring (bicyclic) bond motifs is 1. The Hall–Kier alpha value is -1.45. The fourth-order valence-corrected chi connectivity index (χ4v) is 4.65. The molecule has 1 saturated heterocycles. The van der Waals surface area contributed by atoms with Crippen molar-refractivity contribution in [3.63, 3.8) is 0 Å². The van der Waals surface area contributed by atoms with Gasteiger partial charge in [0, 0.05) is 5.39 Å². The molecule has 1 aromatic carbocycles. The van der Waals surface area contributed by atoms with Crippen molar-refractivity contribution in [2.75, 3.05) is 6.54 Å². The van der Waals surface area contributed by atoms with Gasteiger partial charge in [0.15, 0.2) is 5.11 Å². The molecular weight excluding hydrogens is 368 g/mol. The van der Waals surface area contributed by atoms with Crippen molar-refractivity contribution in [3.8, 4) is 0 Å². The first-order chi connectivity index (χ1) is 9.41. The number of hydrogen-bond acceptors (Lipinski definition) is 5. The lowest BCUT2D eigenvalue weighted by molar-refractivity contribution is -0.118. The van der Waals surface area contributed by atoms with Crippen LogP contribution < -0.4 is 5.32 Å². The molecule has 1 amide bonds. The molecule has 0 saturated carbocycles. The predicted molar refractivity (Wildman–Crippen MR) is 78.5 cm³/mol. The molecule has 1 aliphatic heterocycles. The second-order valence-electron chi connectivity index (χ2n) is 4.06. The lowest BCUT2D eigenvalue weighted by Gasteiger charge is -2.13. The first-order valence-corrected chi connectivity index (χ1v) is 8.09. The number of carbonyl (C=O) groups excluding carboxylic acids is 1. The number of carbonyl (C=O) groups is 1. The Morgan fingerprint density at radius 1 is 1.35 bits per heavy atom. The zero-order chi connectivity index (χ0) is 14.5. The minimum Gasteiger partial charge on any atom is -0.442 e. The van der Waals surface area contributed by atoms with Gasteiger partial charge in [0.05, 0.1) is 4.47 Å². The first kappa shape index (κ1) is 13.5. The molecule has 0 aliphatic carbocycles. The lowest BCUT2D eigenvalue weighted by Crippen LogP contribution is -2.33. The van der Waals surface area contributed by atoms with Crippen molar-refractivity contribution in [2.45, 2.75) is 5.09 Å². The number of benzene rings is 1. The van der Waals surface area contributed by atoms with Crippen molar-refractivity contribution in [1.82, 2.24) is 9.62 Å². The van der Waals surface area contributed by atoms with Crippen LogP contribution in [0.15, 0.2) is 38.2 Å². The topological polar surface area (TPSA) is 79.6 Å². The van der Waals surface area contributed by atoms with Gasteiger partial charge in [-0.05, 0) is 40.3 Å². The van der Waals surface area contributed by atoms with E-state index in [4.69, 9.17) is 16.6 Å². The van der Waals surface area contributed by atoms with Crippen molar-refractivity contribution in [1.29, 1.82) is 0 Å². The highest BCUT2D eigenvalue weighted by molar-refractivity contribution is 9.10. The molecule has 1 N–H and O–H groups in total. The van der Waals surface area contributed by atoms with Gasteiger partial charge in [-0.3, -0.25) is 4.79 Å². The van der Waals surface area contributed by atoms with E-state index in [-0.39, 0.29) is 16.7 Å². The van der Waals surface area contributed by atoms with Crippen LogP contribution in [0.2, 0.25) is 0 Å². The smallest absolute Gasteiger partial charge is 0.301 e. The van der Waals surface area contributed by atoms with Gasteiger partial charge >= 0.3 is 10.0 Å². The highest BCUT2D eigenvalue weighted by atomic mass is 79.9. The summed E-state index contributed by atoms with van der Waals surface area (Å²) in [5.41, 5.74) is 0.433. The maximum Gasteiger partial charge on any atom is 0.301 e. The predicted octanol–water partition coefficient (Wildman–Crippen LogP) is 1.60. The molecule has 9 heteroatoms. The Bertz CT molecular complexity index is 843. The van der Waals surface area contributed by atoms with Crippen LogP contribution in [0, 0.1) is 0 Å².